The Morgan fingerprint density at radius 2 is 2.19 bits per heavy atom. The molecule has 5 heteroatoms. The lowest BCUT2D eigenvalue weighted by molar-refractivity contribution is 0.0701. The summed E-state index contributed by atoms with van der Waals surface area (Å²) in [7, 11) is 0. The average Bonchev–Trinajstić information content (AvgIpc) is 2.86. The number of hydrogen-bond donors (Lipinski definition) is 1. The van der Waals surface area contributed by atoms with E-state index in [4.69, 9.17) is 9.84 Å². The number of rotatable bonds is 7. The summed E-state index contributed by atoms with van der Waals surface area (Å²) >= 11 is 1.20. The highest BCUT2D eigenvalue weighted by atomic mass is 32.1. The van der Waals surface area contributed by atoms with Gasteiger partial charge in [-0.25, -0.2) is 9.78 Å². The molecule has 0 aliphatic carbocycles. The number of aromatic nitrogens is 1. The van der Waals surface area contributed by atoms with E-state index in [9.17, 15) is 4.79 Å². The van der Waals surface area contributed by atoms with Gasteiger partial charge in [-0.3, -0.25) is 0 Å². The predicted octanol–water partition coefficient (Wildman–Crippen LogP) is 4.39. The normalized spacial score (nSPS) is 10.6. The maximum Gasteiger partial charge on any atom is 0.347 e. The summed E-state index contributed by atoms with van der Waals surface area (Å²) in [5.41, 5.74) is 1.44. The summed E-state index contributed by atoms with van der Waals surface area (Å²) in [6.07, 6.45) is 3.37. The maximum atomic E-state index is 11.1. The maximum absolute atomic E-state index is 11.1. The number of carboxylic acid groups (broad SMARTS) is 1. The van der Waals surface area contributed by atoms with Crippen LogP contribution < -0.4 is 4.74 Å². The lowest BCUT2D eigenvalue weighted by Crippen LogP contribution is -1.96. The lowest BCUT2D eigenvalue weighted by atomic mass is 10.2. The van der Waals surface area contributed by atoms with Crippen LogP contribution in [0.25, 0.3) is 10.6 Å². The van der Waals surface area contributed by atoms with Gasteiger partial charge >= 0.3 is 5.97 Å². The first-order valence-corrected chi connectivity index (χ1v) is 7.87. The third-order valence-corrected chi connectivity index (χ3v) is 4.28. The van der Waals surface area contributed by atoms with Crippen LogP contribution in [0, 0.1) is 6.92 Å². The number of unbranched alkanes of at least 4 members (excludes halogenated alkanes) is 2. The Bertz CT molecular complexity index is 622. The Kier molecular flexibility index (Phi) is 5.33. The van der Waals surface area contributed by atoms with Crippen molar-refractivity contribution >= 4 is 17.3 Å². The second-order valence-electron chi connectivity index (χ2n) is 4.82. The number of carboxylic acids is 1. The number of ether oxygens (including phenoxy) is 1. The smallest absolute Gasteiger partial charge is 0.347 e. The largest absolute Gasteiger partial charge is 0.494 e. The molecule has 0 spiro atoms. The monoisotopic (exact) mass is 305 g/mol. The first-order chi connectivity index (χ1) is 10.1. The van der Waals surface area contributed by atoms with Gasteiger partial charge in [-0.1, -0.05) is 31.9 Å². The molecule has 1 N–H and O–H groups in total. The molecule has 0 amide bonds. The van der Waals surface area contributed by atoms with Crippen molar-refractivity contribution in [1.29, 1.82) is 0 Å². The fraction of sp³-hybridized carbons (Fsp3) is 0.375. The van der Waals surface area contributed by atoms with E-state index in [-0.39, 0.29) is 0 Å². The summed E-state index contributed by atoms with van der Waals surface area (Å²) in [5.74, 6) is -0.128. The summed E-state index contributed by atoms with van der Waals surface area (Å²) in [4.78, 5) is 15.7. The van der Waals surface area contributed by atoms with E-state index in [0.29, 0.717) is 22.2 Å². The zero-order valence-corrected chi connectivity index (χ0v) is 13.1. The molecule has 112 valence electrons. The van der Waals surface area contributed by atoms with Crippen LogP contribution in [0.3, 0.4) is 0 Å². The van der Waals surface area contributed by atoms with E-state index in [2.05, 4.69) is 11.9 Å². The van der Waals surface area contributed by atoms with Crippen molar-refractivity contribution in [2.24, 2.45) is 0 Å². The minimum absolute atomic E-state index is 0.291. The molecule has 0 aliphatic rings. The van der Waals surface area contributed by atoms with Crippen molar-refractivity contribution in [3.8, 4) is 16.3 Å². The van der Waals surface area contributed by atoms with Gasteiger partial charge < -0.3 is 9.84 Å². The molecular formula is C16H19NO3S. The van der Waals surface area contributed by atoms with Crippen LogP contribution in [-0.2, 0) is 0 Å². The highest BCUT2D eigenvalue weighted by molar-refractivity contribution is 7.17. The van der Waals surface area contributed by atoms with E-state index in [1.165, 1.54) is 17.8 Å². The zero-order valence-electron chi connectivity index (χ0n) is 12.3. The second kappa shape index (κ2) is 7.22. The number of thiazole rings is 1. The Morgan fingerprint density at radius 3 is 2.86 bits per heavy atom. The van der Waals surface area contributed by atoms with Crippen LogP contribution >= 0.6 is 11.3 Å². The molecule has 0 saturated carbocycles. The molecule has 0 bridgehead atoms. The SMILES string of the molecule is CCCCCOc1cccc(-c2nc(C)c(C(=O)O)s2)c1. The molecule has 0 unspecified atom stereocenters. The standard InChI is InChI=1S/C16H19NO3S/c1-3-4-5-9-20-13-8-6-7-12(10-13)15-17-11(2)14(21-15)16(18)19/h6-8,10H,3-5,9H2,1-2H3,(H,18,19). The van der Waals surface area contributed by atoms with Crippen LogP contribution in [0.5, 0.6) is 5.75 Å². The minimum Gasteiger partial charge on any atom is -0.494 e. The topological polar surface area (TPSA) is 59.4 Å². The van der Waals surface area contributed by atoms with Crippen molar-refractivity contribution in [3.05, 3.63) is 34.8 Å². The molecule has 0 fully saturated rings. The van der Waals surface area contributed by atoms with Crippen LogP contribution in [-0.4, -0.2) is 22.7 Å². The summed E-state index contributed by atoms with van der Waals surface area (Å²) in [5, 5.41) is 9.80. The van der Waals surface area contributed by atoms with E-state index >= 15 is 0 Å². The van der Waals surface area contributed by atoms with E-state index < -0.39 is 5.97 Å². The highest BCUT2D eigenvalue weighted by Crippen LogP contribution is 2.30. The van der Waals surface area contributed by atoms with Gasteiger partial charge in [0.05, 0.1) is 12.3 Å². The highest BCUT2D eigenvalue weighted by Gasteiger charge is 2.15. The van der Waals surface area contributed by atoms with Crippen molar-refractivity contribution < 1.29 is 14.6 Å². The van der Waals surface area contributed by atoms with Crippen molar-refractivity contribution in [2.45, 2.75) is 33.1 Å². The molecule has 2 rings (SSSR count). The third-order valence-electron chi connectivity index (χ3n) is 3.09. The molecule has 0 radical (unpaired) electrons. The Balaban J connectivity index is 2.13. The average molecular weight is 305 g/mol. The molecule has 0 aliphatic heterocycles. The molecule has 1 aromatic carbocycles. The van der Waals surface area contributed by atoms with Crippen LogP contribution in [0.15, 0.2) is 24.3 Å². The van der Waals surface area contributed by atoms with Gasteiger partial charge in [0.2, 0.25) is 0 Å². The van der Waals surface area contributed by atoms with Gasteiger partial charge in [-0.05, 0) is 25.5 Å². The number of hydrogen-bond acceptors (Lipinski definition) is 4. The molecule has 1 heterocycles. The molecule has 0 atom stereocenters. The molecular weight excluding hydrogens is 286 g/mol. The van der Waals surface area contributed by atoms with E-state index in [1.54, 1.807) is 6.92 Å². The number of benzene rings is 1. The molecule has 1 aromatic heterocycles. The fourth-order valence-corrected chi connectivity index (χ4v) is 2.88. The lowest BCUT2D eigenvalue weighted by Gasteiger charge is -2.06. The fourth-order valence-electron chi connectivity index (χ4n) is 1.98. The van der Waals surface area contributed by atoms with Gasteiger partial charge in [0.25, 0.3) is 0 Å². The van der Waals surface area contributed by atoms with Crippen LogP contribution in [0.4, 0.5) is 0 Å². The summed E-state index contributed by atoms with van der Waals surface area (Å²) < 4.78 is 5.72. The second-order valence-corrected chi connectivity index (χ2v) is 5.82. The van der Waals surface area contributed by atoms with E-state index in [1.807, 2.05) is 24.3 Å². The molecule has 0 saturated heterocycles. The number of aromatic carboxylic acids is 1. The first kappa shape index (κ1) is 15.5. The van der Waals surface area contributed by atoms with E-state index in [0.717, 1.165) is 24.2 Å². The summed E-state index contributed by atoms with van der Waals surface area (Å²) in [6, 6.07) is 7.65. The zero-order chi connectivity index (χ0) is 15.2. The predicted molar refractivity (Wildman–Crippen MR) is 84.3 cm³/mol. The molecule has 2 aromatic rings. The quantitative estimate of drug-likeness (QED) is 0.771. The number of carbonyl (C=O) groups is 1. The van der Waals surface area contributed by atoms with Crippen molar-refractivity contribution in [2.75, 3.05) is 6.61 Å². The van der Waals surface area contributed by atoms with Crippen molar-refractivity contribution in [3.63, 3.8) is 0 Å². The van der Waals surface area contributed by atoms with Gasteiger partial charge in [0.1, 0.15) is 15.6 Å². The molecule has 21 heavy (non-hydrogen) atoms. The number of nitrogens with zero attached hydrogens (tertiary/aromatic N) is 1. The van der Waals surface area contributed by atoms with Crippen molar-refractivity contribution in [1.82, 2.24) is 4.98 Å². The molecule has 4 nitrogen and oxygen atoms in total. The van der Waals surface area contributed by atoms with Gasteiger partial charge in [-0.2, -0.15) is 0 Å². The summed E-state index contributed by atoms with van der Waals surface area (Å²) in [6.45, 7) is 4.58. The minimum atomic E-state index is -0.928. The van der Waals surface area contributed by atoms with Crippen LogP contribution in [0.2, 0.25) is 0 Å². The Hall–Kier alpha value is -1.88. The first-order valence-electron chi connectivity index (χ1n) is 7.05. The Morgan fingerprint density at radius 1 is 1.38 bits per heavy atom. The van der Waals surface area contributed by atoms with Gasteiger partial charge in [0.15, 0.2) is 0 Å². The van der Waals surface area contributed by atoms with Gasteiger partial charge in [-0.15, -0.1) is 11.3 Å². The van der Waals surface area contributed by atoms with Crippen LogP contribution in [0.1, 0.15) is 41.6 Å². The van der Waals surface area contributed by atoms with Gasteiger partial charge in [0, 0.05) is 5.56 Å². The Labute approximate surface area is 128 Å². The third kappa shape index (κ3) is 4.04. The number of aryl methyl sites for hydroxylation is 1.